The zero-order valence-electron chi connectivity index (χ0n) is 6.34. The predicted octanol–water partition coefficient (Wildman–Crippen LogP) is 0.746. The summed E-state index contributed by atoms with van der Waals surface area (Å²) in [6.45, 7) is 1.36. The molecule has 0 unspecified atom stereocenters. The zero-order chi connectivity index (χ0) is 10.3. The molecule has 0 aromatic rings. The lowest BCUT2D eigenvalue weighted by Crippen LogP contribution is -2.35. The number of halogens is 2. The van der Waals surface area contributed by atoms with Crippen molar-refractivity contribution in [2.45, 2.75) is 12.2 Å². The van der Waals surface area contributed by atoms with E-state index in [9.17, 15) is 13.6 Å². The van der Waals surface area contributed by atoms with Crippen LogP contribution >= 0.6 is 12.0 Å². The number of amides is 1. The fourth-order valence-corrected chi connectivity index (χ4v) is 0.530. The van der Waals surface area contributed by atoms with Crippen molar-refractivity contribution in [2.75, 3.05) is 0 Å². The van der Waals surface area contributed by atoms with Crippen molar-refractivity contribution in [3.63, 3.8) is 0 Å². The van der Waals surface area contributed by atoms with E-state index in [0.29, 0.717) is 0 Å². The lowest BCUT2D eigenvalue weighted by atomic mass is 10.6. The van der Waals surface area contributed by atoms with E-state index in [1.54, 1.807) is 5.32 Å². The molecular weight excluding hydrogens is 208 g/mol. The summed E-state index contributed by atoms with van der Waals surface area (Å²) in [5, 5.41) is 8.16. The number of alkyl halides is 2. The van der Waals surface area contributed by atoms with Crippen molar-refractivity contribution in [1.82, 2.24) is 5.32 Å². The predicted molar refractivity (Wildman–Crippen MR) is 38.9 cm³/mol. The van der Waals surface area contributed by atoms with Crippen LogP contribution in [-0.4, -0.2) is 16.4 Å². The maximum absolute atomic E-state index is 12.5. The fourth-order valence-electron chi connectivity index (χ4n) is 0.288. The van der Waals surface area contributed by atoms with Crippen LogP contribution in [-0.2, 0) is 14.2 Å². The number of carbonyl (C=O) groups excluding carboxylic acids is 1. The molecule has 5 nitrogen and oxygen atoms in total. The Balaban J connectivity index is 4.07. The van der Waals surface area contributed by atoms with Crippen LogP contribution in [0.2, 0.25) is 0 Å². The third-order valence-electron chi connectivity index (χ3n) is 0.734. The Morgan fingerprint density at radius 2 is 2.31 bits per heavy atom. The molecule has 0 bridgehead atoms. The first-order valence-electron chi connectivity index (χ1n) is 2.80. The standard InChI is InChI=1S/C5H5F2NO4S/c1-2-3-8-4(9)5(6,7)13-12-11-10/h10H,1H3,(H,8,9). The molecule has 0 rings (SSSR count). The quantitative estimate of drug-likeness (QED) is 0.237. The first-order chi connectivity index (χ1) is 6.04. The fraction of sp³-hybridized carbons (Fsp3) is 0.400. The zero-order valence-corrected chi connectivity index (χ0v) is 7.15. The van der Waals surface area contributed by atoms with E-state index in [4.69, 9.17) is 5.26 Å². The molecule has 0 aliphatic rings. The lowest BCUT2D eigenvalue weighted by Gasteiger charge is -2.09. The van der Waals surface area contributed by atoms with E-state index >= 15 is 0 Å². The largest absolute Gasteiger partial charge is 0.398 e. The van der Waals surface area contributed by atoms with Gasteiger partial charge in [-0.1, -0.05) is 11.0 Å². The van der Waals surface area contributed by atoms with Gasteiger partial charge in [-0.2, -0.15) is 8.78 Å². The average molecular weight is 213 g/mol. The van der Waals surface area contributed by atoms with Crippen LogP contribution < -0.4 is 5.32 Å². The highest BCUT2D eigenvalue weighted by molar-refractivity contribution is 7.96. The summed E-state index contributed by atoms with van der Waals surface area (Å²) in [5.41, 5.74) is 0. The van der Waals surface area contributed by atoms with Crippen molar-refractivity contribution >= 4 is 17.9 Å². The molecule has 2 N–H and O–H groups in total. The molecule has 0 aliphatic heterocycles. The van der Waals surface area contributed by atoms with Crippen molar-refractivity contribution in [1.29, 1.82) is 0 Å². The topological polar surface area (TPSA) is 67.8 Å². The van der Waals surface area contributed by atoms with E-state index in [1.807, 2.05) is 6.04 Å². The van der Waals surface area contributed by atoms with Crippen molar-refractivity contribution in [2.24, 2.45) is 0 Å². The molecule has 0 radical (unpaired) electrons. The second-order valence-corrected chi connectivity index (χ2v) is 2.39. The molecule has 8 heteroatoms. The van der Waals surface area contributed by atoms with Gasteiger partial charge in [-0.15, -0.1) is 4.33 Å². The van der Waals surface area contributed by atoms with Crippen LogP contribution in [0, 0.1) is 12.0 Å². The summed E-state index contributed by atoms with van der Waals surface area (Å²) in [5.74, 6) is 0.518. The maximum Gasteiger partial charge on any atom is 0.398 e. The van der Waals surface area contributed by atoms with Gasteiger partial charge in [0.05, 0.1) is 0 Å². The maximum atomic E-state index is 12.5. The molecule has 0 aromatic heterocycles. The monoisotopic (exact) mass is 213 g/mol. The Morgan fingerprint density at radius 3 is 2.77 bits per heavy atom. The van der Waals surface area contributed by atoms with Crippen LogP contribution in [0.15, 0.2) is 0 Å². The Bertz CT molecular complexity index is 236. The summed E-state index contributed by atoms with van der Waals surface area (Å²) in [6, 6.07) is 1.93. The van der Waals surface area contributed by atoms with Gasteiger partial charge in [0.15, 0.2) is 0 Å². The molecule has 74 valence electrons. The molecule has 0 saturated carbocycles. The Morgan fingerprint density at radius 1 is 1.69 bits per heavy atom. The Hall–Kier alpha value is -0.880. The normalized spacial score (nSPS) is 10.2. The van der Waals surface area contributed by atoms with E-state index in [1.165, 1.54) is 6.92 Å². The molecule has 0 aliphatic carbocycles. The molecule has 0 heterocycles. The highest BCUT2D eigenvalue weighted by Crippen LogP contribution is 2.29. The van der Waals surface area contributed by atoms with E-state index < -0.39 is 23.2 Å². The van der Waals surface area contributed by atoms with Crippen LogP contribution in [0.5, 0.6) is 0 Å². The summed E-state index contributed by atoms with van der Waals surface area (Å²) in [7, 11) is 0. The highest BCUT2D eigenvalue weighted by Gasteiger charge is 2.41. The number of nitrogens with one attached hydrogen (secondary N) is 1. The summed E-state index contributed by atoms with van der Waals surface area (Å²) in [4.78, 5) is 10.5. The molecule has 0 saturated heterocycles. The van der Waals surface area contributed by atoms with E-state index in [0.717, 1.165) is 0 Å². The first kappa shape index (κ1) is 12.1. The average Bonchev–Trinajstić information content (AvgIpc) is 2.10. The second-order valence-electron chi connectivity index (χ2n) is 1.57. The smallest absolute Gasteiger partial charge is 0.279 e. The number of rotatable bonds is 4. The minimum Gasteiger partial charge on any atom is -0.279 e. The molecule has 1 amide bonds. The lowest BCUT2D eigenvalue weighted by molar-refractivity contribution is -0.433. The van der Waals surface area contributed by atoms with Gasteiger partial charge < -0.3 is 0 Å². The molecule has 0 fully saturated rings. The molecule has 0 aromatic carbocycles. The molecule has 0 atom stereocenters. The number of hydrogen-bond donors (Lipinski definition) is 2. The summed E-state index contributed by atoms with van der Waals surface area (Å²) < 4.78 is 28.4. The van der Waals surface area contributed by atoms with Crippen molar-refractivity contribution in [3.05, 3.63) is 0 Å². The SMILES string of the molecule is CC#CNC(=O)C(F)(F)SOOO. The molecular formula is C5H5F2NO4S. The second kappa shape index (κ2) is 5.71. The third-order valence-corrected chi connectivity index (χ3v) is 1.26. The van der Waals surface area contributed by atoms with Gasteiger partial charge in [0.1, 0.15) is 12.0 Å². The van der Waals surface area contributed by atoms with Gasteiger partial charge in [-0.05, 0) is 6.92 Å². The van der Waals surface area contributed by atoms with Gasteiger partial charge in [-0.25, -0.2) is 5.26 Å². The van der Waals surface area contributed by atoms with Gasteiger partial charge in [-0.3, -0.25) is 10.1 Å². The van der Waals surface area contributed by atoms with E-state index in [-0.39, 0.29) is 0 Å². The third kappa shape index (κ3) is 4.64. The van der Waals surface area contributed by atoms with Gasteiger partial charge in [0.25, 0.3) is 0 Å². The molecule has 0 spiro atoms. The van der Waals surface area contributed by atoms with Crippen LogP contribution in [0.3, 0.4) is 0 Å². The van der Waals surface area contributed by atoms with Crippen molar-refractivity contribution < 1.29 is 28.2 Å². The first-order valence-corrected chi connectivity index (χ1v) is 3.54. The Labute approximate surface area is 76.5 Å². The minimum atomic E-state index is -3.88. The number of hydrogen-bond acceptors (Lipinski definition) is 5. The molecule has 13 heavy (non-hydrogen) atoms. The summed E-state index contributed by atoms with van der Waals surface area (Å²) in [6.07, 6.45) is 0. The minimum absolute atomic E-state index is 0.648. The number of carbonyl (C=O) groups is 1. The van der Waals surface area contributed by atoms with Gasteiger partial charge in [0.2, 0.25) is 0 Å². The van der Waals surface area contributed by atoms with Crippen LogP contribution in [0.4, 0.5) is 8.78 Å². The summed E-state index contributed by atoms with van der Waals surface area (Å²) >= 11 is -0.648. The van der Waals surface area contributed by atoms with Crippen LogP contribution in [0.1, 0.15) is 6.92 Å². The Kier molecular flexibility index (Phi) is 5.33. The van der Waals surface area contributed by atoms with Crippen LogP contribution in [0.25, 0.3) is 0 Å². The van der Waals surface area contributed by atoms with Gasteiger partial charge in [0, 0.05) is 6.04 Å². The van der Waals surface area contributed by atoms with Crippen molar-refractivity contribution in [3.8, 4) is 12.0 Å². The van der Waals surface area contributed by atoms with E-state index in [2.05, 4.69) is 15.3 Å². The van der Waals surface area contributed by atoms with Gasteiger partial charge >= 0.3 is 11.2 Å². The highest BCUT2D eigenvalue weighted by atomic mass is 32.2.